The Morgan fingerprint density at radius 3 is 2.53 bits per heavy atom. The van der Waals surface area contributed by atoms with Gasteiger partial charge in [0, 0.05) is 23.3 Å². The second-order valence-corrected chi connectivity index (χ2v) is 11.9. The highest BCUT2D eigenvalue weighted by atomic mass is 35.5. The molecule has 2 saturated carbocycles. The fraction of sp³-hybridized carbons (Fsp3) is 0.846. The largest absolute Gasteiger partial charge is 0.462 e. The summed E-state index contributed by atoms with van der Waals surface area (Å²) in [7, 11) is 0. The second kappa shape index (κ2) is 9.09. The van der Waals surface area contributed by atoms with Crippen molar-refractivity contribution in [2.75, 3.05) is 0 Å². The van der Waals surface area contributed by atoms with Gasteiger partial charge in [0.05, 0.1) is 12.0 Å². The second-order valence-electron chi connectivity index (χ2n) is 11.3. The number of hydrogen-bond acceptors (Lipinski definition) is 4. The quantitative estimate of drug-likeness (QED) is 0.274. The molecule has 2 aliphatic carbocycles. The van der Waals surface area contributed by atoms with Crippen molar-refractivity contribution in [3.8, 4) is 11.8 Å². The van der Waals surface area contributed by atoms with E-state index in [0.29, 0.717) is 5.92 Å². The SMILES string of the molecule is C[C@@H]1OC(=O)[C@H]2C[C@H]3CCC[C@H](Cl)[C@@H]3[C@@H](C#C[C@H]3CCC[C@H](C)N3C(=O)OC(C)(C)C)[C@@H]12. The van der Waals surface area contributed by atoms with E-state index in [2.05, 4.69) is 18.8 Å². The number of hydrogen-bond donors (Lipinski definition) is 0. The number of rotatable bonds is 0. The number of esters is 1. The van der Waals surface area contributed by atoms with Crippen LogP contribution in [-0.2, 0) is 14.3 Å². The van der Waals surface area contributed by atoms with Crippen molar-refractivity contribution >= 4 is 23.7 Å². The van der Waals surface area contributed by atoms with Gasteiger partial charge in [-0.05, 0) is 78.6 Å². The van der Waals surface area contributed by atoms with Crippen molar-refractivity contribution in [3.05, 3.63) is 0 Å². The molecule has 2 saturated heterocycles. The third-order valence-corrected chi connectivity index (χ3v) is 8.45. The maximum Gasteiger partial charge on any atom is 0.411 e. The molecule has 32 heavy (non-hydrogen) atoms. The summed E-state index contributed by atoms with van der Waals surface area (Å²) in [5, 5.41) is 0.0872. The minimum absolute atomic E-state index is 0.0284. The maximum absolute atomic E-state index is 13.0. The fourth-order valence-electron chi connectivity index (χ4n) is 6.60. The van der Waals surface area contributed by atoms with E-state index >= 15 is 0 Å². The molecule has 0 aromatic heterocycles. The molecule has 4 rings (SSSR count). The fourth-order valence-corrected chi connectivity index (χ4v) is 7.12. The number of likely N-dealkylation sites (tertiary alicyclic amines) is 1. The van der Waals surface area contributed by atoms with Gasteiger partial charge in [-0.15, -0.1) is 11.6 Å². The number of carbonyl (C=O) groups excluding carboxylic acids is 2. The summed E-state index contributed by atoms with van der Waals surface area (Å²) in [6.07, 6.45) is 6.54. The lowest BCUT2D eigenvalue weighted by Crippen LogP contribution is -2.50. The summed E-state index contributed by atoms with van der Waals surface area (Å²) in [5.74, 6) is 7.78. The van der Waals surface area contributed by atoms with Gasteiger partial charge in [-0.25, -0.2) is 4.79 Å². The van der Waals surface area contributed by atoms with Crippen LogP contribution in [0.1, 0.15) is 79.6 Å². The van der Waals surface area contributed by atoms with Crippen molar-refractivity contribution in [1.29, 1.82) is 0 Å². The van der Waals surface area contributed by atoms with E-state index in [1.807, 2.05) is 32.6 Å². The van der Waals surface area contributed by atoms with Crippen LogP contribution in [0.5, 0.6) is 0 Å². The summed E-state index contributed by atoms with van der Waals surface area (Å²) in [6.45, 7) is 9.76. The van der Waals surface area contributed by atoms with Crippen LogP contribution in [0.3, 0.4) is 0 Å². The molecule has 0 aromatic carbocycles. The molecule has 9 atom stereocenters. The van der Waals surface area contributed by atoms with Gasteiger partial charge in [0.1, 0.15) is 11.7 Å². The number of cyclic esters (lactones) is 1. The van der Waals surface area contributed by atoms with E-state index in [1.165, 1.54) is 0 Å². The first kappa shape index (κ1) is 23.7. The molecule has 0 aromatic rings. The maximum atomic E-state index is 13.0. The number of ether oxygens (including phenoxy) is 2. The Morgan fingerprint density at radius 2 is 1.81 bits per heavy atom. The first-order chi connectivity index (χ1) is 15.1. The minimum atomic E-state index is -0.541. The van der Waals surface area contributed by atoms with E-state index in [-0.39, 0.29) is 59.3 Å². The number of amides is 1. The summed E-state index contributed by atoms with van der Waals surface area (Å²) in [5.41, 5.74) is -0.541. The third kappa shape index (κ3) is 4.63. The first-order valence-corrected chi connectivity index (χ1v) is 12.9. The molecule has 2 heterocycles. The Balaban J connectivity index is 1.63. The molecule has 0 N–H and O–H groups in total. The first-order valence-electron chi connectivity index (χ1n) is 12.4. The Bertz CT molecular complexity index is 796. The molecule has 0 unspecified atom stereocenters. The minimum Gasteiger partial charge on any atom is -0.462 e. The van der Waals surface area contributed by atoms with E-state index < -0.39 is 5.60 Å². The van der Waals surface area contributed by atoms with Crippen LogP contribution in [0.15, 0.2) is 0 Å². The van der Waals surface area contributed by atoms with Crippen molar-refractivity contribution in [2.45, 2.75) is 109 Å². The molecular weight excluding hydrogens is 426 g/mol. The molecule has 178 valence electrons. The zero-order valence-corrected chi connectivity index (χ0v) is 20.9. The summed E-state index contributed by atoms with van der Waals surface area (Å²) >= 11 is 6.88. The Labute approximate surface area is 197 Å². The highest BCUT2D eigenvalue weighted by Crippen LogP contribution is 2.54. The number of carbonyl (C=O) groups is 2. The van der Waals surface area contributed by atoms with Crippen LogP contribution in [0, 0.1) is 41.4 Å². The number of alkyl halides is 1. The Hall–Kier alpha value is -1.41. The van der Waals surface area contributed by atoms with E-state index in [1.54, 1.807) is 0 Å². The van der Waals surface area contributed by atoms with Crippen molar-refractivity contribution in [2.24, 2.45) is 29.6 Å². The van der Waals surface area contributed by atoms with Crippen molar-refractivity contribution in [3.63, 3.8) is 0 Å². The van der Waals surface area contributed by atoms with Gasteiger partial charge in [-0.3, -0.25) is 9.69 Å². The smallest absolute Gasteiger partial charge is 0.411 e. The van der Waals surface area contributed by atoms with E-state index in [9.17, 15) is 9.59 Å². The number of fused-ring (bicyclic) bond motifs is 2. The van der Waals surface area contributed by atoms with Gasteiger partial charge < -0.3 is 9.47 Å². The molecule has 4 fully saturated rings. The number of nitrogens with zero attached hydrogens (tertiary/aromatic N) is 1. The topological polar surface area (TPSA) is 55.8 Å². The molecule has 0 radical (unpaired) electrons. The highest BCUT2D eigenvalue weighted by Gasteiger charge is 2.56. The number of piperidine rings is 1. The lowest BCUT2D eigenvalue weighted by molar-refractivity contribution is -0.144. The van der Waals surface area contributed by atoms with E-state index in [4.69, 9.17) is 21.1 Å². The van der Waals surface area contributed by atoms with Crippen LogP contribution >= 0.6 is 11.6 Å². The lowest BCUT2D eigenvalue weighted by Gasteiger charge is -2.47. The molecule has 0 bridgehead atoms. The zero-order chi connectivity index (χ0) is 23.2. The lowest BCUT2D eigenvalue weighted by atomic mass is 9.57. The number of halogens is 1. The van der Waals surface area contributed by atoms with Crippen LogP contribution in [0.2, 0.25) is 0 Å². The van der Waals surface area contributed by atoms with Gasteiger partial charge in [0.2, 0.25) is 0 Å². The molecule has 4 aliphatic rings. The monoisotopic (exact) mass is 463 g/mol. The normalized spacial score (nSPS) is 41.6. The Morgan fingerprint density at radius 1 is 1.09 bits per heavy atom. The molecule has 1 amide bonds. The summed E-state index contributed by atoms with van der Waals surface area (Å²) < 4.78 is 11.4. The summed E-state index contributed by atoms with van der Waals surface area (Å²) in [6, 6.07) is -0.0753. The Kier molecular flexibility index (Phi) is 6.74. The van der Waals surface area contributed by atoms with Crippen LogP contribution in [0.25, 0.3) is 0 Å². The van der Waals surface area contributed by atoms with Crippen LogP contribution < -0.4 is 0 Å². The van der Waals surface area contributed by atoms with Crippen LogP contribution in [-0.4, -0.2) is 46.1 Å². The van der Waals surface area contributed by atoms with Gasteiger partial charge in [0.15, 0.2) is 0 Å². The average Bonchev–Trinajstić information content (AvgIpc) is 2.97. The molecule has 6 heteroatoms. The predicted molar refractivity (Wildman–Crippen MR) is 124 cm³/mol. The predicted octanol–water partition coefficient (Wildman–Crippen LogP) is 5.39. The van der Waals surface area contributed by atoms with Gasteiger partial charge in [-0.1, -0.05) is 24.7 Å². The molecule has 0 spiro atoms. The highest BCUT2D eigenvalue weighted by molar-refractivity contribution is 6.20. The van der Waals surface area contributed by atoms with Gasteiger partial charge in [-0.2, -0.15) is 0 Å². The van der Waals surface area contributed by atoms with Crippen LogP contribution in [0.4, 0.5) is 4.79 Å². The van der Waals surface area contributed by atoms with Crippen molar-refractivity contribution in [1.82, 2.24) is 4.90 Å². The summed E-state index contributed by atoms with van der Waals surface area (Å²) in [4.78, 5) is 27.4. The van der Waals surface area contributed by atoms with Gasteiger partial charge in [0.25, 0.3) is 0 Å². The molecular formula is C26H38ClNO4. The zero-order valence-electron chi connectivity index (χ0n) is 20.1. The van der Waals surface area contributed by atoms with Gasteiger partial charge >= 0.3 is 12.1 Å². The van der Waals surface area contributed by atoms with Crippen molar-refractivity contribution < 1.29 is 19.1 Å². The van der Waals surface area contributed by atoms with E-state index in [0.717, 1.165) is 44.9 Å². The average molecular weight is 464 g/mol. The molecule has 5 nitrogen and oxygen atoms in total. The third-order valence-electron chi connectivity index (χ3n) is 7.95. The molecule has 2 aliphatic heterocycles. The standard InChI is InChI=1S/C26H38ClNO4/c1-15-8-6-10-18(28(15)25(30)32-26(3,4)5)12-13-19-22-16(2)31-24(29)20(22)14-17-9-7-11-21(27)23(17)19/h15-23H,6-11,14H2,1-5H3/t15-,16-,17+,18+,19-,20-,21-,22+,23-/m0/s1.